The van der Waals surface area contributed by atoms with E-state index in [4.69, 9.17) is 9.90 Å². The van der Waals surface area contributed by atoms with Gasteiger partial charge in [0.05, 0.1) is 17.1 Å². The molecular weight excluding hydrogens is 454 g/mol. The number of hydrogen-bond acceptors (Lipinski definition) is 10. The van der Waals surface area contributed by atoms with Gasteiger partial charge in [0.1, 0.15) is 27.9 Å². The van der Waals surface area contributed by atoms with Crippen molar-refractivity contribution >= 4 is 45.9 Å². The van der Waals surface area contributed by atoms with Crippen molar-refractivity contribution in [1.82, 2.24) is 0 Å². The minimum Gasteiger partial charge on any atom is -0.404 e. The third-order valence-electron chi connectivity index (χ3n) is 2.68. The van der Waals surface area contributed by atoms with Gasteiger partial charge >= 0.3 is 6.36 Å². The van der Waals surface area contributed by atoms with Crippen LogP contribution in [0.2, 0.25) is 0 Å². The molecule has 0 bridgehead atoms. The lowest BCUT2D eigenvalue weighted by Crippen LogP contribution is -2.18. The van der Waals surface area contributed by atoms with Gasteiger partial charge in [0.15, 0.2) is 6.29 Å². The van der Waals surface area contributed by atoms with E-state index in [9.17, 15) is 27.6 Å². The summed E-state index contributed by atoms with van der Waals surface area (Å²) in [5, 5.41) is 21.0. The van der Waals surface area contributed by atoms with Gasteiger partial charge in [-0.1, -0.05) is 11.3 Å². The number of rotatable bonds is 7. The van der Waals surface area contributed by atoms with E-state index >= 15 is 0 Å². The van der Waals surface area contributed by atoms with Crippen LogP contribution in [0.5, 0.6) is 5.75 Å². The van der Waals surface area contributed by atoms with Gasteiger partial charge < -0.3 is 25.7 Å². The summed E-state index contributed by atoms with van der Waals surface area (Å²) in [6.07, 6.45) is -4.00. The third-order valence-corrected chi connectivity index (χ3v) is 4.84. The van der Waals surface area contributed by atoms with Crippen LogP contribution in [0.1, 0.15) is 10.4 Å². The van der Waals surface area contributed by atoms with Crippen LogP contribution in [0.3, 0.4) is 0 Å². The molecule has 8 nitrogen and oxygen atoms in total. The second-order valence-electron chi connectivity index (χ2n) is 4.59. The van der Waals surface area contributed by atoms with Gasteiger partial charge in [-0.3, -0.25) is 10.0 Å². The first kappa shape index (κ1) is 27.6. The number of nitrogens with one attached hydrogen (secondary N) is 1. The molecule has 0 saturated heterocycles. The summed E-state index contributed by atoms with van der Waals surface area (Å²) in [4.78, 5) is 19.7. The Bertz CT molecular complexity index is 806. The zero-order valence-electron chi connectivity index (χ0n) is 15.6. The Kier molecular flexibility index (Phi) is 12.7. The highest BCUT2D eigenvalue weighted by atomic mass is 32.2. The van der Waals surface area contributed by atoms with Crippen LogP contribution in [0.15, 0.2) is 29.2 Å². The van der Waals surface area contributed by atoms with Crippen LogP contribution < -0.4 is 20.3 Å². The molecule has 0 radical (unpaired) electrons. The molecule has 0 aliphatic heterocycles. The van der Waals surface area contributed by atoms with Crippen molar-refractivity contribution in [3.8, 4) is 5.75 Å². The molecule has 1 aromatic heterocycles. The molecule has 0 fully saturated rings. The summed E-state index contributed by atoms with van der Waals surface area (Å²) < 4.78 is 54.6. The summed E-state index contributed by atoms with van der Waals surface area (Å²) in [6, 6.07) is 3.89. The van der Waals surface area contributed by atoms with Gasteiger partial charge in [-0.25, -0.2) is 4.39 Å². The second-order valence-corrected chi connectivity index (χ2v) is 6.59. The Morgan fingerprint density at radius 2 is 1.90 bits per heavy atom. The smallest absolute Gasteiger partial charge is 0.404 e. The maximum atomic E-state index is 13.2. The minimum absolute atomic E-state index is 0.164. The lowest BCUT2D eigenvalue weighted by molar-refractivity contribution is -0.275. The van der Waals surface area contributed by atoms with Gasteiger partial charge in [0.25, 0.3) is 0 Å². The average molecular weight is 473 g/mol. The van der Waals surface area contributed by atoms with Crippen molar-refractivity contribution in [2.24, 2.45) is 5.73 Å². The second kappa shape index (κ2) is 13.8. The van der Waals surface area contributed by atoms with E-state index in [2.05, 4.69) is 15.8 Å². The van der Waals surface area contributed by atoms with E-state index in [0.717, 1.165) is 23.5 Å². The van der Waals surface area contributed by atoms with E-state index in [1.54, 1.807) is 7.05 Å². The molecule has 0 amide bonds. The molecule has 0 aliphatic rings. The lowest BCUT2D eigenvalue weighted by atomic mass is 10.3. The molecular formula is C16H19F4N3O5S2. The molecule has 0 saturated carbocycles. The summed E-state index contributed by atoms with van der Waals surface area (Å²) in [5.41, 5.74) is 4.78. The van der Waals surface area contributed by atoms with E-state index in [1.807, 2.05) is 0 Å². The summed E-state index contributed by atoms with van der Waals surface area (Å²) in [7, 11) is 3.08. The van der Waals surface area contributed by atoms with Crippen LogP contribution in [-0.4, -0.2) is 50.0 Å². The number of ether oxygens (including phenoxy) is 1. The predicted molar refractivity (Wildman–Crippen MR) is 106 cm³/mol. The number of thiophene rings is 1. The van der Waals surface area contributed by atoms with E-state index < -0.39 is 17.9 Å². The molecule has 0 spiro atoms. The topological polar surface area (TPSA) is 125 Å². The highest BCUT2D eigenvalue weighted by Gasteiger charge is 2.32. The molecule has 168 valence electrons. The zero-order valence-corrected chi connectivity index (χ0v) is 17.3. The van der Waals surface area contributed by atoms with Crippen LogP contribution >= 0.6 is 23.3 Å². The van der Waals surface area contributed by atoms with Crippen LogP contribution in [0, 0.1) is 5.82 Å². The number of nitrogens with zero attached hydrogens (tertiary/aromatic N) is 1. The number of aliphatic hydroxyl groups is 1. The van der Waals surface area contributed by atoms with E-state index in [1.165, 1.54) is 13.1 Å². The molecule has 2 rings (SSSR count). The number of carbonyl (C=O) groups is 2. The first-order valence-corrected chi connectivity index (χ1v) is 9.35. The van der Waals surface area contributed by atoms with Crippen molar-refractivity contribution in [3.63, 3.8) is 0 Å². The van der Waals surface area contributed by atoms with Gasteiger partial charge in [0.2, 0.25) is 0 Å². The fraction of sp³-hybridized carbons (Fsp3) is 0.250. The number of aldehydes is 2. The number of hydrogen-bond donors (Lipinski definition) is 4. The fourth-order valence-electron chi connectivity index (χ4n) is 1.67. The standard InChI is InChI=1S/C13H10F4N2O3S2.C2H4O2.CH5N/c1-18-12-7(6-20)4-11(23-12)19(21)24-10-3-2-8(14)5-9(10)22-13(15,16)17;3-1-2-4;1-2/h2-6,18,21H,1H3;1,4H,2H2;2H2,1H3. The molecule has 1 aromatic carbocycles. The normalized spacial score (nSPS) is 10.0. The Balaban J connectivity index is 0.00000125. The molecule has 0 unspecified atom stereocenters. The van der Waals surface area contributed by atoms with Crippen molar-refractivity contribution < 1.29 is 42.2 Å². The number of carbonyl (C=O) groups excluding carboxylic acids is 2. The molecule has 14 heteroatoms. The Labute approximate surface area is 177 Å². The monoisotopic (exact) mass is 473 g/mol. The van der Waals surface area contributed by atoms with Crippen molar-refractivity contribution in [3.05, 3.63) is 35.6 Å². The van der Waals surface area contributed by atoms with Gasteiger partial charge in [-0.15, -0.1) is 13.2 Å². The van der Waals surface area contributed by atoms with Gasteiger partial charge in [-0.2, -0.15) is 4.47 Å². The molecule has 30 heavy (non-hydrogen) atoms. The quantitative estimate of drug-likeness (QED) is 0.207. The maximum Gasteiger partial charge on any atom is 0.573 e. The number of alkyl halides is 3. The molecule has 5 N–H and O–H groups in total. The first-order valence-electron chi connectivity index (χ1n) is 7.76. The Morgan fingerprint density at radius 1 is 1.30 bits per heavy atom. The third kappa shape index (κ3) is 9.41. The fourth-order valence-corrected chi connectivity index (χ4v) is 3.34. The predicted octanol–water partition coefficient (Wildman–Crippen LogP) is 3.30. The number of halogens is 4. The number of benzene rings is 1. The van der Waals surface area contributed by atoms with Crippen molar-refractivity contribution in [2.75, 3.05) is 30.5 Å². The highest BCUT2D eigenvalue weighted by molar-refractivity contribution is 8.00. The molecule has 2 aromatic rings. The summed E-state index contributed by atoms with van der Waals surface area (Å²) in [6.45, 7) is -0.361. The molecule has 0 atom stereocenters. The summed E-state index contributed by atoms with van der Waals surface area (Å²) >= 11 is 1.49. The van der Waals surface area contributed by atoms with E-state index in [-0.39, 0.29) is 22.1 Å². The van der Waals surface area contributed by atoms with Crippen LogP contribution in [-0.2, 0) is 4.79 Å². The Morgan fingerprint density at radius 3 is 2.33 bits per heavy atom. The largest absolute Gasteiger partial charge is 0.573 e. The number of nitrogens with two attached hydrogens (primary N) is 1. The van der Waals surface area contributed by atoms with Crippen molar-refractivity contribution in [1.29, 1.82) is 0 Å². The zero-order chi connectivity index (χ0) is 23.3. The van der Waals surface area contributed by atoms with Gasteiger partial charge in [-0.05, 0) is 25.2 Å². The maximum absolute atomic E-state index is 13.2. The highest BCUT2D eigenvalue weighted by Crippen LogP contribution is 2.41. The minimum atomic E-state index is -5.00. The first-order chi connectivity index (χ1) is 14.1. The van der Waals surface area contributed by atoms with Crippen molar-refractivity contribution in [2.45, 2.75) is 11.3 Å². The molecule has 0 aliphatic carbocycles. The lowest BCUT2D eigenvalue weighted by Gasteiger charge is -2.16. The average Bonchev–Trinajstić information content (AvgIpc) is 3.14. The number of anilines is 2. The van der Waals surface area contributed by atoms with Gasteiger partial charge in [0, 0.05) is 25.1 Å². The number of aliphatic hydroxyl groups excluding tert-OH is 1. The molecule has 1 heterocycles. The summed E-state index contributed by atoms with van der Waals surface area (Å²) in [5.74, 6) is -1.70. The van der Waals surface area contributed by atoms with Crippen LogP contribution in [0.4, 0.5) is 27.6 Å². The Hall–Kier alpha value is -2.39. The van der Waals surface area contributed by atoms with Crippen LogP contribution in [0.25, 0.3) is 0 Å². The van der Waals surface area contributed by atoms with E-state index in [0.29, 0.717) is 40.1 Å². The SMILES string of the molecule is CN.CNc1sc(N(O)Sc2ccc(F)cc2OC(F)(F)F)cc1C=O.O=CCO.